The minimum Gasteiger partial charge on any atom is -0.871 e. The number of pyridine rings is 3. The van der Waals surface area contributed by atoms with Crippen molar-refractivity contribution in [3.63, 3.8) is 0 Å². The molecular formula is C27H15AlF3N3O3. The van der Waals surface area contributed by atoms with E-state index in [1.54, 1.807) is 36.4 Å². The molecule has 0 aliphatic rings. The molecule has 0 bridgehead atoms. The molecule has 3 heterocycles. The monoisotopic (exact) mass is 513 g/mol. The second kappa shape index (κ2) is 12.0. The molecule has 6 nitrogen and oxygen atoms in total. The molecule has 3 aromatic heterocycles. The average Bonchev–Trinajstić information content (AvgIpc) is 2.92. The molecule has 6 rings (SSSR count). The summed E-state index contributed by atoms with van der Waals surface area (Å²) >= 11 is 0. The molecular weight excluding hydrogens is 498 g/mol. The van der Waals surface area contributed by atoms with Crippen molar-refractivity contribution in [2.45, 2.75) is 0 Å². The second-order valence-corrected chi connectivity index (χ2v) is 7.34. The second-order valence-electron chi connectivity index (χ2n) is 7.34. The predicted molar refractivity (Wildman–Crippen MR) is 129 cm³/mol. The maximum Gasteiger partial charge on any atom is 3.00 e. The van der Waals surface area contributed by atoms with Gasteiger partial charge >= 0.3 is 17.4 Å². The first-order chi connectivity index (χ1) is 17.4. The van der Waals surface area contributed by atoms with E-state index in [1.165, 1.54) is 36.8 Å². The molecule has 6 aromatic rings. The maximum absolute atomic E-state index is 13.0. The van der Waals surface area contributed by atoms with E-state index in [0.29, 0.717) is 0 Å². The minimum absolute atomic E-state index is 0. The summed E-state index contributed by atoms with van der Waals surface area (Å²) in [5.74, 6) is -1.95. The van der Waals surface area contributed by atoms with Crippen LogP contribution in [-0.4, -0.2) is 32.3 Å². The van der Waals surface area contributed by atoms with E-state index in [1.807, 2.05) is 0 Å². The van der Waals surface area contributed by atoms with E-state index in [2.05, 4.69) is 15.0 Å². The molecule has 0 radical (unpaired) electrons. The van der Waals surface area contributed by atoms with Gasteiger partial charge in [0.05, 0.1) is 16.6 Å². The zero-order valence-electron chi connectivity index (χ0n) is 18.9. The van der Waals surface area contributed by atoms with Crippen LogP contribution in [0.3, 0.4) is 0 Å². The van der Waals surface area contributed by atoms with Crippen LogP contribution in [0.25, 0.3) is 32.7 Å². The van der Waals surface area contributed by atoms with E-state index >= 15 is 0 Å². The summed E-state index contributed by atoms with van der Waals surface area (Å²) in [6.07, 6.45) is 4.43. The first-order valence-corrected chi connectivity index (χ1v) is 10.5. The van der Waals surface area contributed by atoms with Crippen molar-refractivity contribution in [1.82, 2.24) is 15.0 Å². The van der Waals surface area contributed by atoms with Crippen LogP contribution in [0, 0.1) is 17.5 Å². The van der Waals surface area contributed by atoms with Crippen LogP contribution in [0.1, 0.15) is 0 Å². The number of aromatic nitrogens is 3. The Balaban J connectivity index is 0.000000152. The van der Waals surface area contributed by atoms with Gasteiger partial charge in [-0.3, -0.25) is 15.0 Å². The fourth-order valence-electron chi connectivity index (χ4n) is 3.34. The number of halogens is 3. The van der Waals surface area contributed by atoms with E-state index < -0.39 is 17.5 Å². The third kappa shape index (κ3) is 6.06. The largest absolute Gasteiger partial charge is 3.00 e. The van der Waals surface area contributed by atoms with Crippen LogP contribution in [-0.2, 0) is 0 Å². The number of hydrogen-bond acceptors (Lipinski definition) is 6. The standard InChI is InChI=1S/3C9H6FNO.Al/c3*10-7-3-4-8(12)9-6(7)2-1-5-11-9;/h3*1-5,12H;/q;;;+3/p-3. The Morgan fingerprint density at radius 3 is 0.946 bits per heavy atom. The molecule has 0 amide bonds. The summed E-state index contributed by atoms with van der Waals surface area (Å²) in [6.45, 7) is 0. The zero-order chi connectivity index (χ0) is 25.7. The zero-order valence-corrected chi connectivity index (χ0v) is 20.1. The average molecular weight is 513 g/mol. The number of fused-ring (bicyclic) bond motifs is 3. The molecule has 180 valence electrons. The summed E-state index contributed by atoms with van der Waals surface area (Å²) in [7, 11) is 0. The molecule has 0 aliphatic heterocycles. The van der Waals surface area contributed by atoms with Gasteiger partial charge in [0.1, 0.15) is 17.5 Å². The Hall–Kier alpha value is -4.39. The third-order valence-corrected chi connectivity index (χ3v) is 5.04. The molecule has 0 aliphatic carbocycles. The Kier molecular flexibility index (Phi) is 8.85. The van der Waals surface area contributed by atoms with Crippen molar-refractivity contribution < 1.29 is 28.5 Å². The van der Waals surface area contributed by atoms with Gasteiger partial charge in [-0.1, -0.05) is 35.4 Å². The molecule has 0 N–H and O–H groups in total. The fraction of sp³-hybridized carbons (Fsp3) is 0. The Morgan fingerprint density at radius 1 is 0.432 bits per heavy atom. The quantitative estimate of drug-likeness (QED) is 0.285. The molecule has 0 atom stereocenters. The van der Waals surface area contributed by atoms with E-state index in [-0.39, 0.29) is 67.3 Å². The molecule has 37 heavy (non-hydrogen) atoms. The summed E-state index contributed by atoms with van der Waals surface area (Å²) in [5, 5.41) is 34.2. The van der Waals surface area contributed by atoms with Crippen LogP contribution in [0.15, 0.2) is 91.4 Å². The first kappa shape index (κ1) is 27.2. The minimum atomic E-state index is -0.405. The van der Waals surface area contributed by atoms with Gasteiger partial charge < -0.3 is 15.3 Å². The molecule has 0 spiro atoms. The van der Waals surface area contributed by atoms with Crippen molar-refractivity contribution in [2.24, 2.45) is 0 Å². The number of benzene rings is 3. The van der Waals surface area contributed by atoms with E-state index in [4.69, 9.17) is 0 Å². The summed E-state index contributed by atoms with van der Waals surface area (Å²) in [5.41, 5.74) is 0.576. The summed E-state index contributed by atoms with van der Waals surface area (Å²) in [4.78, 5) is 11.4. The SMILES string of the molecule is [Al+3].[O-]c1ccc(F)c2cccnc12.[O-]c1ccc(F)c2cccnc12.[O-]c1ccc(F)c2cccnc12. The predicted octanol–water partition coefficient (Wildman–Crippen LogP) is 3.96. The van der Waals surface area contributed by atoms with Gasteiger partial charge in [0.2, 0.25) is 0 Å². The van der Waals surface area contributed by atoms with E-state index in [0.717, 1.165) is 18.2 Å². The Morgan fingerprint density at radius 2 is 0.703 bits per heavy atom. The van der Waals surface area contributed by atoms with Crippen LogP contribution < -0.4 is 15.3 Å². The van der Waals surface area contributed by atoms with Crippen molar-refractivity contribution in [3.05, 3.63) is 109 Å². The van der Waals surface area contributed by atoms with Crippen molar-refractivity contribution in [3.8, 4) is 17.2 Å². The van der Waals surface area contributed by atoms with Gasteiger partial charge in [-0.25, -0.2) is 13.2 Å². The topological polar surface area (TPSA) is 108 Å². The van der Waals surface area contributed by atoms with E-state index in [9.17, 15) is 28.5 Å². The van der Waals surface area contributed by atoms with Crippen LogP contribution in [0.5, 0.6) is 17.2 Å². The normalized spacial score (nSPS) is 10.1. The molecule has 0 fully saturated rings. The Labute approximate surface area is 219 Å². The van der Waals surface area contributed by atoms with Gasteiger partial charge in [-0.05, 0) is 54.6 Å². The smallest absolute Gasteiger partial charge is 0.871 e. The summed E-state index contributed by atoms with van der Waals surface area (Å²) in [6, 6.07) is 16.5. The third-order valence-electron chi connectivity index (χ3n) is 5.04. The van der Waals surface area contributed by atoms with Crippen LogP contribution in [0.4, 0.5) is 13.2 Å². The number of hydrogen-bond donors (Lipinski definition) is 0. The maximum atomic E-state index is 13.0. The van der Waals surface area contributed by atoms with Gasteiger partial charge in [0, 0.05) is 34.7 Å². The Bertz CT molecular complexity index is 1370. The van der Waals surface area contributed by atoms with Crippen molar-refractivity contribution in [2.75, 3.05) is 0 Å². The fourth-order valence-corrected chi connectivity index (χ4v) is 3.34. The number of nitrogens with zero attached hydrogens (tertiary/aromatic N) is 3. The van der Waals surface area contributed by atoms with Crippen LogP contribution >= 0.6 is 0 Å². The van der Waals surface area contributed by atoms with Gasteiger partial charge in [0.25, 0.3) is 0 Å². The van der Waals surface area contributed by atoms with Gasteiger partial charge in [-0.2, -0.15) is 0 Å². The molecule has 0 saturated heterocycles. The van der Waals surface area contributed by atoms with Crippen molar-refractivity contribution >= 4 is 50.1 Å². The van der Waals surface area contributed by atoms with Crippen LogP contribution in [0.2, 0.25) is 0 Å². The molecule has 0 unspecified atom stereocenters. The summed E-state index contributed by atoms with van der Waals surface area (Å²) < 4.78 is 39.0. The molecule has 0 saturated carbocycles. The van der Waals surface area contributed by atoms with Gasteiger partial charge in [-0.15, -0.1) is 0 Å². The molecule has 10 heteroatoms. The number of rotatable bonds is 0. The van der Waals surface area contributed by atoms with Crippen molar-refractivity contribution in [1.29, 1.82) is 0 Å². The molecule has 3 aromatic carbocycles. The first-order valence-electron chi connectivity index (χ1n) is 10.5. The van der Waals surface area contributed by atoms with Gasteiger partial charge in [0.15, 0.2) is 0 Å².